The van der Waals surface area contributed by atoms with E-state index in [1.807, 2.05) is 0 Å². The van der Waals surface area contributed by atoms with Crippen molar-refractivity contribution in [3.05, 3.63) is 0 Å². The summed E-state index contributed by atoms with van der Waals surface area (Å²) < 4.78 is 20.9. The summed E-state index contributed by atoms with van der Waals surface area (Å²) in [5.74, 6) is -0.697. The molecule has 6 nitrogen and oxygen atoms in total. The molecule has 15 heavy (non-hydrogen) atoms. The van der Waals surface area contributed by atoms with Crippen LogP contribution in [0.3, 0.4) is 0 Å². The molecule has 0 bridgehead atoms. The second kappa shape index (κ2) is 4.91. The second-order valence-electron chi connectivity index (χ2n) is 3.83. The lowest BCUT2D eigenvalue weighted by Crippen LogP contribution is -2.49. The summed E-state index contributed by atoms with van der Waals surface area (Å²) in [4.78, 5) is 11.4. The average molecular weight is 239 g/mol. The quantitative estimate of drug-likeness (QED) is 0.529. The fraction of sp³-hybridized carbons (Fsp3) is 0.875. The maximum Gasteiger partial charge on any atom is 0.240 e. The van der Waals surface area contributed by atoms with Crippen LogP contribution in [0.1, 0.15) is 13.8 Å². The van der Waals surface area contributed by atoms with Crippen LogP contribution < -0.4 is 5.32 Å². The van der Waals surface area contributed by atoms with Gasteiger partial charge in [-0.15, -0.1) is 0 Å². The summed E-state index contributed by atoms with van der Waals surface area (Å²) in [7, 11) is -3.51. The van der Waals surface area contributed by atoms with Crippen molar-refractivity contribution < 1.29 is 23.4 Å². The molecule has 0 aliphatic heterocycles. The van der Waals surface area contributed by atoms with Gasteiger partial charge >= 0.3 is 0 Å². The minimum absolute atomic E-state index is 0.172. The van der Waals surface area contributed by atoms with E-state index >= 15 is 0 Å². The molecule has 7 heteroatoms. The molecular weight excluding hydrogens is 222 g/mol. The predicted octanol–water partition coefficient (Wildman–Crippen LogP) is -1.72. The van der Waals surface area contributed by atoms with Crippen LogP contribution in [0.5, 0.6) is 0 Å². The van der Waals surface area contributed by atoms with E-state index in [1.54, 1.807) is 0 Å². The second-order valence-corrected chi connectivity index (χ2v) is 6.39. The Morgan fingerprint density at radius 2 is 1.93 bits per heavy atom. The van der Waals surface area contributed by atoms with Crippen LogP contribution in [-0.2, 0) is 14.6 Å². The van der Waals surface area contributed by atoms with Gasteiger partial charge in [0.2, 0.25) is 5.91 Å². The van der Waals surface area contributed by atoms with Crippen molar-refractivity contribution in [1.82, 2.24) is 5.32 Å². The Kier molecular flexibility index (Phi) is 4.69. The van der Waals surface area contributed by atoms with Gasteiger partial charge in [0, 0.05) is 12.8 Å². The third-order valence-electron chi connectivity index (χ3n) is 2.18. The lowest BCUT2D eigenvalue weighted by Gasteiger charge is -2.22. The zero-order valence-electron chi connectivity index (χ0n) is 9.02. The van der Waals surface area contributed by atoms with E-state index in [0.717, 1.165) is 6.26 Å². The van der Waals surface area contributed by atoms with Crippen molar-refractivity contribution >= 4 is 15.7 Å². The SMILES string of the molecule is CC(C)(C(=O)NCC(O)CO)S(C)(=O)=O. The van der Waals surface area contributed by atoms with Gasteiger partial charge < -0.3 is 15.5 Å². The molecule has 0 heterocycles. The van der Waals surface area contributed by atoms with Gasteiger partial charge in [0.1, 0.15) is 4.75 Å². The minimum Gasteiger partial charge on any atom is -0.394 e. The third-order valence-corrected chi connectivity index (χ3v) is 4.22. The van der Waals surface area contributed by atoms with Crippen LogP contribution in [0.4, 0.5) is 0 Å². The molecular formula is C8H17NO5S. The van der Waals surface area contributed by atoms with E-state index in [9.17, 15) is 13.2 Å². The largest absolute Gasteiger partial charge is 0.394 e. The van der Waals surface area contributed by atoms with Gasteiger partial charge in [-0.25, -0.2) is 8.42 Å². The standard InChI is InChI=1S/C8H17NO5S/c1-8(2,15(3,13)14)7(12)9-4-6(11)5-10/h6,10-11H,4-5H2,1-3H3,(H,9,12). The van der Waals surface area contributed by atoms with Crippen LogP contribution in [0.2, 0.25) is 0 Å². The Morgan fingerprint density at radius 1 is 1.47 bits per heavy atom. The first kappa shape index (κ1) is 14.3. The molecule has 0 aromatic heterocycles. The predicted molar refractivity (Wildman–Crippen MR) is 55.0 cm³/mol. The summed E-state index contributed by atoms with van der Waals surface area (Å²) in [6.45, 7) is 1.90. The topological polar surface area (TPSA) is 104 Å². The first-order valence-electron chi connectivity index (χ1n) is 4.39. The molecule has 3 N–H and O–H groups in total. The van der Waals surface area contributed by atoms with Crippen molar-refractivity contribution in [3.8, 4) is 0 Å². The van der Waals surface area contributed by atoms with E-state index in [-0.39, 0.29) is 6.54 Å². The van der Waals surface area contributed by atoms with Crippen molar-refractivity contribution in [1.29, 1.82) is 0 Å². The minimum atomic E-state index is -3.51. The molecule has 0 spiro atoms. The van der Waals surface area contributed by atoms with E-state index in [1.165, 1.54) is 13.8 Å². The average Bonchev–Trinajstić information content (AvgIpc) is 2.11. The number of aliphatic hydroxyl groups excluding tert-OH is 2. The van der Waals surface area contributed by atoms with Crippen LogP contribution in [0.15, 0.2) is 0 Å². The summed E-state index contributed by atoms with van der Waals surface area (Å²) in [5.41, 5.74) is 0. The Balaban J connectivity index is 4.47. The number of hydrogen-bond donors (Lipinski definition) is 3. The van der Waals surface area contributed by atoms with Gasteiger partial charge in [-0.2, -0.15) is 0 Å². The van der Waals surface area contributed by atoms with Crippen LogP contribution in [0.25, 0.3) is 0 Å². The number of carbonyl (C=O) groups excluding carboxylic acids is 1. The molecule has 0 aromatic rings. The number of nitrogens with one attached hydrogen (secondary N) is 1. The maximum atomic E-state index is 11.4. The molecule has 1 atom stereocenters. The van der Waals surface area contributed by atoms with Crippen molar-refractivity contribution in [3.63, 3.8) is 0 Å². The van der Waals surface area contributed by atoms with Gasteiger partial charge in [-0.05, 0) is 13.8 Å². The molecule has 0 radical (unpaired) electrons. The van der Waals surface area contributed by atoms with Crippen molar-refractivity contribution in [2.45, 2.75) is 24.7 Å². The van der Waals surface area contributed by atoms with E-state index in [0.29, 0.717) is 0 Å². The molecule has 0 aromatic carbocycles. The first-order chi connectivity index (χ1) is 6.63. The summed E-state index contributed by atoms with van der Waals surface area (Å²) in [6, 6.07) is 0. The van der Waals surface area contributed by atoms with Gasteiger partial charge in [0.05, 0.1) is 12.7 Å². The molecule has 0 saturated carbocycles. The molecule has 1 unspecified atom stereocenters. The van der Waals surface area contributed by atoms with Crippen molar-refractivity contribution in [2.75, 3.05) is 19.4 Å². The number of hydrogen-bond acceptors (Lipinski definition) is 5. The Bertz CT molecular complexity index is 322. The fourth-order valence-electron chi connectivity index (χ4n) is 0.656. The maximum absolute atomic E-state index is 11.4. The molecule has 0 rings (SSSR count). The fourth-order valence-corrected chi connectivity index (χ4v) is 1.07. The normalized spacial score (nSPS) is 14.7. The molecule has 1 amide bonds. The van der Waals surface area contributed by atoms with Gasteiger partial charge in [0.15, 0.2) is 9.84 Å². The smallest absolute Gasteiger partial charge is 0.240 e. The Morgan fingerprint density at radius 3 is 2.27 bits per heavy atom. The number of aliphatic hydroxyl groups is 2. The zero-order valence-corrected chi connectivity index (χ0v) is 9.84. The van der Waals surface area contributed by atoms with Crippen LogP contribution in [-0.4, -0.2) is 54.8 Å². The Labute approximate surface area is 89.2 Å². The highest BCUT2D eigenvalue weighted by Crippen LogP contribution is 2.14. The van der Waals surface area contributed by atoms with Gasteiger partial charge in [-0.3, -0.25) is 4.79 Å². The van der Waals surface area contributed by atoms with E-state index in [4.69, 9.17) is 10.2 Å². The highest BCUT2D eigenvalue weighted by atomic mass is 32.2. The molecule has 90 valence electrons. The lowest BCUT2D eigenvalue weighted by atomic mass is 10.2. The van der Waals surface area contributed by atoms with Crippen LogP contribution in [0, 0.1) is 0 Å². The zero-order chi connectivity index (χ0) is 12.3. The highest BCUT2D eigenvalue weighted by molar-refractivity contribution is 7.92. The van der Waals surface area contributed by atoms with E-state index in [2.05, 4.69) is 5.32 Å². The monoisotopic (exact) mass is 239 g/mol. The van der Waals surface area contributed by atoms with Gasteiger partial charge in [-0.1, -0.05) is 0 Å². The summed E-state index contributed by atoms with van der Waals surface area (Å²) >= 11 is 0. The number of amides is 1. The molecule has 0 aliphatic carbocycles. The molecule has 0 fully saturated rings. The third kappa shape index (κ3) is 3.77. The molecule has 0 saturated heterocycles. The summed E-state index contributed by atoms with van der Waals surface area (Å²) in [6.07, 6.45) is -0.112. The Hall–Kier alpha value is -0.660. The lowest BCUT2D eigenvalue weighted by molar-refractivity contribution is -0.123. The van der Waals surface area contributed by atoms with E-state index < -0.39 is 33.2 Å². The summed E-state index contributed by atoms with van der Waals surface area (Å²) in [5, 5.41) is 19.7. The number of rotatable bonds is 5. The number of carbonyl (C=O) groups is 1. The first-order valence-corrected chi connectivity index (χ1v) is 6.29. The van der Waals surface area contributed by atoms with Crippen LogP contribution >= 0.6 is 0 Å². The molecule has 0 aliphatic rings. The number of sulfone groups is 1. The van der Waals surface area contributed by atoms with Gasteiger partial charge in [0.25, 0.3) is 0 Å². The highest BCUT2D eigenvalue weighted by Gasteiger charge is 2.38. The van der Waals surface area contributed by atoms with Crippen molar-refractivity contribution in [2.24, 2.45) is 0 Å².